The van der Waals surface area contributed by atoms with E-state index < -0.39 is 35.4 Å². The summed E-state index contributed by atoms with van der Waals surface area (Å²) >= 11 is 5.97. The molecule has 45 heavy (non-hydrogen) atoms. The molecule has 4 N–H and O–H groups in total. The number of rotatable bonds is 10. The summed E-state index contributed by atoms with van der Waals surface area (Å²) in [6.07, 6.45) is 5.10. The molecule has 2 amide bonds. The summed E-state index contributed by atoms with van der Waals surface area (Å²) in [5.41, 5.74) is 7.19. The lowest BCUT2D eigenvalue weighted by atomic mass is 9.90. The van der Waals surface area contributed by atoms with Crippen LogP contribution in [-0.2, 0) is 15.5 Å². The zero-order valence-corrected chi connectivity index (χ0v) is 25.9. The van der Waals surface area contributed by atoms with Crippen molar-refractivity contribution in [3.63, 3.8) is 0 Å². The number of aliphatic hydroxyl groups excluding tert-OH is 1. The number of carbonyl (C=O) groups is 2. The van der Waals surface area contributed by atoms with Crippen molar-refractivity contribution >= 4 is 23.4 Å². The summed E-state index contributed by atoms with van der Waals surface area (Å²) < 4.78 is 38.3. The fourth-order valence-corrected chi connectivity index (χ4v) is 6.12. The minimum absolute atomic E-state index is 0.126. The molecule has 0 spiro atoms. The first-order valence-electron chi connectivity index (χ1n) is 15.6. The number of ether oxygens (including phenoxy) is 1. The highest BCUT2D eigenvalue weighted by Crippen LogP contribution is 2.35. The number of benzene rings is 3. The van der Waals surface area contributed by atoms with E-state index in [1.165, 1.54) is 60.6 Å². The van der Waals surface area contributed by atoms with Gasteiger partial charge in [-0.3, -0.25) is 9.59 Å². The molecule has 0 aromatic heterocycles. The van der Waals surface area contributed by atoms with Crippen molar-refractivity contribution in [1.29, 1.82) is 0 Å². The Balaban J connectivity index is 1.31. The van der Waals surface area contributed by atoms with Crippen LogP contribution < -0.4 is 15.8 Å². The summed E-state index contributed by atoms with van der Waals surface area (Å²) in [4.78, 5) is 28.1. The van der Waals surface area contributed by atoms with E-state index in [4.69, 9.17) is 22.1 Å². The van der Waals surface area contributed by atoms with Crippen molar-refractivity contribution < 1.29 is 28.2 Å². The first-order chi connectivity index (χ1) is 21.6. The minimum atomic E-state index is -3.79. The van der Waals surface area contributed by atoms with Gasteiger partial charge in [-0.25, -0.2) is 0 Å². The predicted octanol–water partition coefficient (Wildman–Crippen LogP) is 6.23. The second kappa shape index (κ2) is 14.7. The van der Waals surface area contributed by atoms with E-state index in [-0.39, 0.29) is 24.7 Å². The topological polar surface area (TPSA) is 105 Å². The summed E-state index contributed by atoms with van der Waals surface area (Å²) in [5, 5.41) is 13.6. The monoisotopic (exact) mass is 639 g/mol. The van der Waals surface area contributed by atoms with Gasteiger partial charge in [0.05, 0.1) is 6.61 Å². The van der Waals surface area contributed by atoms with Crippen LogP contribution >= 0.6 is 11.6 Å². The molecule has 5 rings (SSSR count). The number of amides is 2. The first kappa shape index (κ1) is 32.9. The number of nitrogens with one attached hydrogen (secondary N) is 1. The van der Waals surface area contributed by atoms with Gasteiger partial charge in [0.2, 0.25) is 0 Å². The lowest BCUT2D eigenvalue weighted by Gasteiger charge is -2.36. The van der Waals surface area contributed by atoms with Gasteiger partial charge in [-0.15, -0.1) is 0 Å². The molecule has 1 heterocycles. The van der Waals surface area contributed by atoms with E-state index in [0.29, 0.717) is 41.7 Å². The van der Waals surface area contributed by atoms with Gasteiger partial charge in [0, 0.05) is 29.7 Å². The summed E-state index contributed by atoms with van der Waals surface area (Å²) in [6.45, 7) is 0.995. The van der Waals surface area contributed by atoms with Gasteiger partial charge >= 0.3 is 5.92 Å². The zero-order chi connectivity index (χ0) is 32.0. The van der Waals surface area contributed by atoms with Crippen LogP contribution in [0.3, 0.4) is 0 Å². The molecular formula is C35H40ClF2N3O4. The normalized spacial score (nSPS) is 17.8. The number of hydrogen-bond donors (Lipinski definition) is 3. The Hall–Kier alpha value is -3.53. The standard InChI is InChI=1S/C35H40ClF2N3O4/c36-28-14-8-25(9-15-28)24-6-12-27(13-7-24)35(37,38)32(34(44)41-20-18-29(39)19-21-41)40-33(43)31(42)26-10-16-30(17-11-26)45-22-23-4-2-1-3-5-23/h6-17,23,29,31-32,42H,1-5,18-22,39H2,(H,40,43)/t31-,32-/m0/s1. The highest BCUT2D eigenvalue weighted by Gasteiger charge is 2.49. The molecule has 3 aromatic carbocycles. The number of alkyl halides is 2. The third kappa shape index (κ3) is 8.20. The van der Waals surface area contributed by atoms with Crippen LogP contribution in [0.2, 0.25) is 5.02 Å². The number of carbonyl (C=O) groups excluding carboxylic acids is 2. The number of likely N-dealkylation sites (tertiary alicyclic amines) is 1. The third-order valence-corrected chi connectivity index (χ3v) is 9.10. The predicted molar refractivity (Wildman–Crippen MR) is 170 cm³/mol. The maximum atomic E-state index is 16.2. The molecule has 1 aliphatic heterocycles. The van der Waals surface area contributed by atoms with E-state index in [1.807, 2.05) is 0 Å². The van der Waals surface area contributed by atoms with Crippen LogP contribution in [0.5, 0.6) is 5.75 Å². The van der Waals surface area contributed by atoms with Crippen molar-refractivity contribution in [2.75, 3.05) is 19.7 Å². The molecule has 10 heteroatoms. The number of piperidine rings is 1. The molecular weight excluding hydrogens is 600 g/mol. The van der Waals surface area contributed by atoms with Crippen LogP contribution in [0.25, 0.3) is 11.1 Å². The van der Waals surface area contributed by atoms with Crippen LogP contribution in [0.1, 0.15) is 62.2 Å². The number of hydrogen-bond acceptors (Lipinski definition) is 5. The second-order valence-corrected chi connectivity index (χ2v) is 12.5. The smallest absolute Gasteiger partial charge is 0.301 e. The highest BCUT2D eigenvalue weighted by atomic mass is 35.5. The van der Waals surface area contributed by atoms with Gasteiger partial charge in [-0.2, -0.15) is 8.78 Å². The van der Waals surface area contributed by atoms with E-state index in [9.17, 15) is 14.7 Å². The van der Waals surface area contributed by atoms with Crippen molar-refractivity contribution in [3.05, 3.63) is 88.9 Å². The first-order valence-corrected chi connectivity index (χ1v) is 16.0. The largest absolute Gasteiger partial charge is 0.493 e. The Bertz CT molecular complexity index is 1420. The van der Waals surface area contributed by atoms with E-state index in [0.717, 1.165) is 18.4 Å². The second-order valence-electron chi connectivity index (χ2n) is 12.1. The van der Waals surface area contributed by atoms with Crippen LogP contribution in [-0.4, -0.2) is 53.6 Å². The zero-order valence-electron chi connectivity index (χ0n) is 25.1. The Morgan fingerprint density at radius 2 is 1.49 bits per heavy atom. The molecule has 2 aliphatic rings. The lowest BCUT2D eigenvalue weighted by Crippen LogP contribution is -2.58. The molecule has 1 saturated heterocycles. The molecule has 7 nitrogen and oxygen atoms in total. The molecule has 2 fully saturated rings. The maximum Gasteiger partial charge on any atom is 0.301 e. The molecule has 1 aliphatic carbocycles. The van der Waals surface area contributed by atoms with Crippen LogP contribution in [0, 0.1) is 5.92 Å². The van der Waals surface area contributed by atoms with Crippen LogP contribution in [0.15, 0.2) is 72.8 Å². The van der Waals surface area contributed by atoms with Crippen molar-refractivity contribution in [2.24, 2.45) is 11.7 Å². The van der Waals surface area contributed by atoms with Crippen molar-refractivity contribution in [3.8, 4) is 16.9 Å². The van der Waals surface area contributed by atoms with E-state index >= 15 is 8.78 Å². The van der Waals surface area contributed by atoms with Gasteiger partial charge in [-0.1, -0.05) is 79.4 Å². The average Bonchev–Trinajstić information content (AvgIpc) is 3.07. The van der Waals surface area contributed by atoms with Gasteiger partial charge < -0.3 is 25.8 Å². The lowest BCUT2D eigenvalue weighted by molar-refractivity contribution is -0.152. The Labute approximate surface area is 267 Å². The Morgan fingerprint density at radius 1 is 0.911 bits per heavy atom. The minimum Gasteiger partial charge on any atom is -0.493 e. The molecule has 3 aromatic rings. The number of aliphatic hydroxyl groups is 1. The van der Waals surface area contributed by atoms with Crippen molar-refractivity contribution in [2.45, 2.75) is 69.1 Å². The third-order valence-electron chi connectivity index (χ3n) is 8.85. The molecule has 0 unspecified atom stereocenters. The molecule has 1 saturated carbocycles. The summed E-state index contributed by atoms with van der Waals surface area (Å²) in [5.74, 6) is -4.71. The Kier molecular flexibility index (Phi) is 10.7. The fourth-order valence-electron chi connectivity index (χ4n) is 5.99. The summed E-state index contributed by atoms with van der Waals surface area (Å²) in [7, 11) is 0. The van der Waals surface area contributed by atoms with E-state index in [2.05, 4.69) is 5.32 Å². The van der Waals surface area contributed by atoms with Gasteiger partial charge in [0.15, 0.2) is 12.1 Å². The SMILES string of the molecule is NC1CCN(C(=O)[C@H](NC(=O)[C@@H](O)c2ccc(OCC3CCCCC3)cc2)C(F)(F)c2ccc(-c3ccc(Cl)cc3)cc2)CC1. The number of nitrogens with two attached hydrogens (primary N) is 1. The van der Waals surface area contributed by atoms with Gasteiger partial charge in [-0.05, 0) is 72.6 Å². The van der Waals surface area contributed by atoms with E-state index in [1.54, 1.807) is 36.4 Å². The van der Waals surface area contributed by atoms with Gasteiger partial charge in [0.25, 0.3) is 11.8 Å². The maximum absolute atomic E-state index is 16.2. The molecule has 240 valence electrons. The fraction of sp³-hybridized carbons (Fsp3) is 0.429. The highest BCUT2D eigenvalue weighted by molar-refractivity contribution is 6.30. The molecule has 0 radical (unpaired) electrons. The quantitative estimate of drug-likeness (QED) is 0.244. The Morgan fingerprint density at radius 3 is 2.09 bits per heavy atom. The van der Waals surface area contributed by atoms with Crippen molar-refractivity contribution in [1.82, 2.24) is 10.2 Å². The van der Waals surface area contributed by atoms with Crippen LogP contribution in [0.4, 0.5) is 8.78 Å². The average molecular weight is 640 g/mol. The summed E-state index contributed by atoms with van der Waals surface area (Å²) in [6, 6.07) is 16.5. The molecule has 0 bridgehead atoms. The number of nitrogens with zero attached hydrogens (tertiary/aromatic N) is 1. The number of halogens is 3. The molecule has 2 atom stereocenters. The van der Waals surface area contributed by atoms with Gasteiger partial charge in [0.1, 0.15) is 5.75 Å².